The predicted octanol–water partition coefficient (Wildman–Crippen LogP) is 3.78. The molecule has 0 bridgehead atoms. The van der Waals surface area contributed by atoms with Crippen LogP contribution in [0.3, 0.4) is 0 Å². The van der Waals surface area contributed by atoms with Crippen molar-refractivity contribution in [3.63, 3.8) is 0 Å². The quantitative estimate of drug-likeness (QED) is 0.702. The summed E-state index contributed by atoms with van der Waals surface area (Å²) in [6, 6.07) is 14.7. The first kappa shape index (κ1) is 16.8. The Labute approximate surface area is 148 Å². The van der Waals surface area contributed by atoms with Crippen molar-refractivity contribution in [3.05, 3.63) is 64.5 Å². The lowest BCUT2D eigenvalue weighted by molar-refractivity contribution is -0.123. The van der Waals surface area contributed by atoms with Gasteiger partial charge in [0, 0.05) is 21.8 Å². The van der Waals surface area contributed by atoms with E-state index < -0.39 is 6.10 Å². The molecular formula is C18H16ClNO3S. The van der Waals surface area contributed by atoms with E-state index in [0.29, 0.717) is 10.8 Å². The molecule has 124 valence electrons. The molecule has 0 spiro atoms. The maximum atomic E-state index is 11.9. The summed E-state index contributed by atoms with van der Waals surface area (Å²) in [6.07, 6.45) is -0.749. The van der Waals surface area contributed by atoms with Crippen molar-refractivity contribution in [1.29, 1.82) is 0 Å². The van der Waals surface area contributed by atoms with E-state index in [1.165, 1.54) is 0 Å². The Bertz CT molecular complexity index is 832. The minimum atomic E-state index is -0.749. The molecule has 0 saturated carbocycles. The van der Waals surface area contributed by atoms with Crippen LogP contribution in [0.5, 0.6) is 5.75 Å². The van der Waals surface area contributed by atoms with Crippen molar-refractivity contribution >= 4 is 38.9 Å². The van der Waals surface area contributed by atoms with E-state index in [9.17, 15) is 9.90 Å². The summed E-state index contributed by atoms with van der Waals surface area (Å²) in [5.41, 5.74) is 0.828. The molecule has 0 aliphatic carbocycles. The van der Waals surface area contributed by atoms with E-state index in [1.807, 2.05) is 29.6 Å². The smallest absolute Gasteiger partial charge is 0.258 e. The van der Waals surface area contributed by atoms with Crippen LogP contribution in [-0.2, 0) is 4.79 Å². The van der Waals surface area contributed by atoms with E-state index in [2.05, 4.69) is 5.32 Å². The molecule has 2 N–H and O–H groups in total. The van der Waals surface area contributed by atoms with Crippen molar-refractivity contribution in [3.8, 4) is 5.75 Å². The Morgan fingerprint density at radius 1 is 1.21 bits per heavy atom. The fourth-order valence-electron chi connectivity index (χ4n) is 2.31. The standard InChI is InChI=1S/C18H16ClNO3S/c19-12-5-7-13(8-6-12)23-10-18(22)20-9-16(21)15-11-24-17-4-2-1-3-14(15)17/h1-8,11,16,21H,9-10H2,(H,20,22)/t16-/m1/s1. The number of ether oxygens (including phenoxy) is 1. The SMILES string of the molecule is O=C(COc1ccc(Cl)cc1)NC[C@@H](O)c1csc2ccccc12. The van der Waals surface area contributed by atoms with Gasteiger partial charge in [-0.25, -0.2) is 0 Å². The molecule has 3 aromatic rings. The average Bonchev–Trinajstić information content (AvgIpc) is 3.03. The maximum absolute atomic E-state index is 11.9. The van der Waals surface area contributed by atoms with E-state index in [0.717, 1.165) is 15.6 Å². The van der Waals surface area contributed by atoms with Gasteiger partial charge in [-0.15, -0.1) is 11.3 Å². The first-order valence-electron chi connectivity index (χ1n) is 7.43. The Balaban J connectivity index is 1.51. The number of fused-ring (bicyclic) bond motifs is 1. The summed E-state index contributed by atoms with van der Waals surface area (Å²) >= 11 is 7.36. The third-order valence-corrected chi connectivity index (χ3v) is 4.78. The molecule has 1 atom stereocenters. The van der Waals surface area contributed by atoms with Crippen LogP contribution in [0.4, 0.5) is 0 Å². The molecule has 1 heterocycles. The number of nitrogens with one attached hydrogen (secondary N) is 1. The topological polar surface area (TPSA) is 58.6 Å². The van der Waals surface area contributed by atoms with Gasteiger partial charge < -0.3 is 15.2 Å². The Kier molecular flexibility index (Phi) is 5.35. The molecule has 0 aliphatic rings. The first-order chi connectivity index (χ1) is 11.6. The van der Waals surface area contributed by atoms with Gasteiger partial charge in [0.05, 0.1) is 6.10 Å². The fourth-order valence-corrected chi connectivity index (χ4v) is 3.44. The fraction of sp³-hybridized carbons (Fsp3) is 0.167. The molecule has 1 aromatic heterocycles. The van der Waals surface area contributed by atoms with E-state index in [1.54, 1.807) is 35.6 Å². The number of aliphatic hydroxyl groups excluding tert-OH is 1. The van der Waals surface area contributed by atoms with E-state index >= 15 is 0 Å². The second-order valence-corrected chi connectivity index (χ2v) is 6.60. The van der Waals surface area contributed by atoms with Crippen LogP contribution >= 0.6 is 22.9 Å². The number of hydrogen-bond donors (Lipinski definition) is 2. The van der Waals surface area contributed by atoms with Gasteiger partial charge >= 0.3 is 0 Å². The van der Waals surface area contributed by atoms with Crippen LogP contribution in [0.15, 0.2) is 53.9 Å². The molecule has 0 radical (unpaired) electrons. The highest BCUT2D eigenvalue weighted by Crippen LogP contribution is 2.29. The second kappa shape index (κ2) is 7.66. The molecule has 0 aliphatic heterocycles. The van der Waals surface area contributed by atoms with Crippen LogP contribution in [0.1, 0.15) is 11.7 Å². The predicted molar refractivity (Wildman–Crippen MR) is 96.7 cm³/mol. The Morgan fingerprint density at radius 3 is 2.75 bits per heavy atom. The third kappa shape index (κ3) is 4.06. The van der Waals surface area contributed by atoms with Gasteiger partial charge in [-0.3, -0.25) is 4.79 Å². The number of carbonyl (C=O) groups is 1. The van der Waals surface area contributed by atoms with Crippen molar-refractivity contribution in [2.24, 2.45) is 0 Å². The zero-order valence-electron chi connectivity index (χ0n) is 12.7. The minimum absolute atomic E-state index is 0.112. The van der Waals surface area contributed by atoms with E-state index in [4.69, 9.17) is 16.3 Å². The minimum Gasteiger partial charge on any atom is -0.484 e. The summed E-state index contributed by atoms with van der Waals surface area (Å²) in [6.45, 7) is 0.0300. The summed E-state index contributed by atoms with van der Waals surface area (Å²) in [5, 5.41) is 16.5. The van der Waals surface area contributed by atoms with Gasteiger partial charge in [-0.1, -0.05) is 29.8 Å². The van der Waals surface area contributed by atoms with Gasteiger partial charge in [0.1, 0.15) is 5.75 Å². The third-order valence-electron chi connectivity index (χ3n) is 3.55. The zero-order valence-corrected chi connectivity index (χ0v) is 14.3. The number of benzene rings is 2. The molecule has 0 saturated heterocycles. The largest absolute Gasteiger partial charge is 0.484 e. The summed E-state index contributed by atoms with van der Waals surface area (Å²) in [4.78, 5) is 11.9. The van der Waals surface area contributed by atoms with Crippen LogP contribution < -0.4 is 10.1 Å². The lowest BCUT2D eigenvalue weighted by Gasteiger charge is -2.12. The van der Waals surface area contributed by atoms with Crippen molar-refractivity contribution in [1.82, 2.24) is 5.32 Å². The van der Waals surface area contributed by atoms with Crippen molar-refractivity contribution in [2.45, 2.75) is 6.10 Å². The van der Waals surface area contributed by atoms with Gasteiger partial charge in [0.15, 0.2) is 6.61 Å². The highest BCUT2D eigenvalue weighted by atomic mass is 35.5. The molecule has 24 heavy (non-hydrogen) atoms. The van der Waals surface area contributed by atoms with Gasteiger partial charge in [0.25, 0.3) is 5.91 Å². The second-order valence-electron chi connectivity index (χ2n) is 5.25. The van der Waals surface area contributed by atoms with Crippen LogP contribution in [0, 0.1) is 0 Å². The number of hydrogen-bond acceptors (Lipinski definition) is 4. The number of aliphatic hydroxyl groups is 1. The molecule has 1 amide bonds. The highest BCUT2D eigenvalue weighted by Gasteiger charge is 2.14. The molecule has 0 fully saturated rings. The number of amides is 1. The molecule has 4 nitrogen and oxygen atoms in total. The van der Waals surface area contributed by atoms with Crippen LogP contribution in [0.2, 0.25) is 5.02 Å². The Morgan fingerprint density at radius 2 is 1.96 bits per heavy atom. The average molecular weight is 362 g/mol. The first-order valence-corrected chi connectivity index (χ1v) is 8.68. The summed E-state index contributed by atoms with van der Waals surface area (Å²) in [5.74, 6) is 0.280. The number of halogens is 1. The zero-order chi connectivity index (χ0) is 16.9. The van der Waals surface area contributed by atoms with Crippen LogP contribution in [0.25, 0.3) is 10.1 Å². The highest BCUT2D eigenvalue weighted by molar-refractivity contribution is 7.17. The maximum Gasteiger partial charge on any atom is 0.258 e. The Hall–Kier alpha value is -2.08. The number of thiophene rings is 1. The summed E-state index contributed by atoms with van der Waals surface area (Å²) in [7, 11) is 0. The van der Waals surface area contributed by atoms with Gasteiger partial charge in [-0.2, -0.15) is 0 Å². The van der Waals surface area contributed by atoms with E-state index in [-0.39, 0.29) is 19.1 Å². The monoisotopic (exact) mass is 361 g/mol. The lowest BCUT2D eigenvalue weighted by Crippen LogP contribution is -2.32. The van der Waals surface area contributed by atoms with Crippen molar-refractivity contribution in [2.75, 3.05) is 13.2 Å². The number of rotatable bonds is 6. The molecule has 3 rings (SSSR count). The molecular weight excluding hydrogens is 346 g/mol. The number of carbonyl (C=O) groups excluding carboxylic acids is 1. The molecule has 0 unspecified atom stereocenters. The molecule has 2 aromatic carbocycles. The normalized spacial score (nSPS) is 12.1. The van der Waals surface area contributed by atoms with Gasteiger partial charge in [0.2, 0.25) is 0 Å². The van der Waals surface area contributed by atoms with Crippen LogP contribution in [-0.4, -0.2) is 24.2 Å². The lowest BCUT2D eigenvalue weighted by atomic mass is 10.1. The van der Waals surface area contributed by atoms with Gasteiger partial charge in [-0.05, 0) is 41.1 Å². The van der Waals surface area contributed by atoms with Crippen molar-refractivity contribution < 1.29 is 14.6 Å². The summed E-state index contributed by atoms with van der Waals surface area (Å²) < 4.78 is 6.48. The molecule has 6 heteroatoms.